The maximum atomic E-state index is 13.4. The molecule has 6 heteroatoms. The van der Waals surface area contributed by atoms with Crippen LogP contribution in [0.5, 0.6) is 5.75 Å². The van der Waals surface area contributed by atoms with E-state index in [2.05, 4.69) is 70.2 Å². The van der Waals surface area contributed by atoms with Crippen molar-refractivity contribution in [3.05, 3.63) is 116 Å². The fourth-order valence-corrected chi connectivity index (χ4v) is 5.99. The summed E-state index contributed by atoms with van der Waals surface area (Å²) < 4.78 is 8.71. The average Bonchev–Trinajstić information content (AvgIpc) is 2.96. The molecular weight excluding hydrogens is 585 g/mol. The van der Waals surface area contributed by atoms with Crippen LogP contribution in [0.1, 0.15) is 55.0 Å². The molecule has 38 heavy (non-hydrogen) atoms. The topological polar surface area (TPSA) is 56.5 Å². The first-order valence-corrected chi connectivity index (χ1v) is 14.2. The molecule has 0 bridgehead atoms. The Hall–Kier alpha value is -3.52. The lowest BCUT2D eigenvalue weighted by Crippen LogP contribution is -2.25. The summed E-state index contributed by atoms with van der Waals surface area (Å²) in [6, 6.07) is 28.2. The van der Waals surface area contributed by atoms with Gasteiger partial charge in [0.2, 0.25) is 0 Å². The fourth-order valence-electron chi connectivity index (χ4n) is 5.29. The summed E-state index contributed by atoms with van der Waals surface area (Å²) in [5, 5.41) is 7.68. The van der Waals surface area contributed by atoms with Crippen molar-refractivity contribution in [2.45, 2.75) is 44.6 Å². The van der Waals surface area contributed by atoms with E-state index in [4.69, 9.17) is 9.72 Å². The van der Waals surface area contributed by atoms with E-state index in [-0.39, 0.29) is 11.5 Å². The highest BCUT2D eigenvalue weighted by Gasteiger charge is 2.22. The minimum absolute atomic E-state index is 0.114. The minimum Gasteiger partial charge on any atom is -0.488 e. The van der Waals surface area contributed by atoms with E-state index >= 15 is 0 Å². The lowest BCUT2D eigenvalue weighted by Gasteiger charge is -2.22. The van der Waals surface area contributed by atoms with Crippen LogP contribution in [0.15, 0.2) is 94.8 Å². The van der Waals surface area contributed by atoms with Gasteiger partial charge in [0.25, 0.3) is 5.56 Å². The summed E-state index contributed by atoms with van der Waals surface area (Å²) >= 11 is 2.29. The lowest BCUT2D eigenvalue weighted by molar-refractivity contribution is 0.305. The summed E-state index contributed by atoms with van der Waals surface area (Å²) in [4.78, 5) is 18.3. The van der Waals surface area contributed by atoms with Crippen LogP contribution in [0.4, 0.5) is 0 Å². The van der Waals surface area contributed by atoms with Gasteiger partial charge in [-0.1, -0.05) is 73.9 Å². The Balaban J connectivity index is 1.27. The average molecular weight is 613 g/mol. The van der Waals surface area contributed by atoms with E-state index < -0.39 is 0 Å². The van der Waals surface area contributed by atoms with Gasteiger partial charge in [0.1, 0.15) is 18.2 Å². The Labute approximate surface area is 235 Å². The molecule has 0 atom stereocenters. The predicted molar refractivity (Wildman–Crippen MR) is 162 cm³/mol. The molecule has 1 aromatic heterocycles. The van der Waals surface area contributed by atoms with Crippen molar-refractivity contribution in [1.82, 2.24) is 9.66 Å². The highest BCUT2D eigenvalue weighted by atomic mass is 127. The maximum Gasteiger partial charge on any atom is 0.282 e. The third-order valence-electron chi connectivity index (χ3n) is 7.29. The number of halogens is 1. The maximum absolute atomic E-state index is 13.4. The number of benzene rings is 4. The number of fused-ring (bicyclic) bond motifs is 2. The zero-order valence-electron chi connectivity index (χ0n) is 21.0. The van der Waals surface area contributed by atoms with E-state index in [0.717, 1.165) is 57.5 Å². The normalized spacial score (nSPS) is 14.4. The van der Waals surface area contributed by atoms with Crippen molar-refractivity contribution in [3.8, 4) is 5.75 Å². The van der Waals surface area contributed by atoms with Gasteiger partial charge in [-0.2, -0.15) is 9.78 Å². The molecule has 0 spiro atoms. The number of hydrogen-bond acceptors (Lipinski definition) is 4. The molecule has 1 aliphatic rings. The van der Waals surface area contributed by atoms with Gasteiger partial charge in [0.05, 0.1) is 20.7 Å². The SMILES string of the molecule is O=c1c2ccccc2nc(C2CCCCC2)n1N=Cc1ccc(OCc2cccc3ccccc23)c(I)c1. The molecule has 5 aromatic rings. The molecule has 0 radical (unpaired) electrons. The molecule has 1 heterocycles. The Morgan fingerprint density at radius 2 is 1.68 bits per heavy atom. The van der Waals surface area contributed by atoms with Crippen molar-refractivity contribution in [1.29, 1.82) is 0 Å². The summed E-state index contributed by atoms with van der Waals surface area (Å²) in [5.74, 6) is 1.85. The third kappa shape index (κ3) is 5.10. The Bertz CT molecular complexity index is 1700. The summed E-state index contributed by atoms with van der Waals surface area (Å²) in [6.45, 7) is 0.494. The van der Waals surface area contributed by atoms with Gasteiger partial charge < -0.3 is 4.74 Å². The Morgan fingerprint density at radius 3 is 2.53 bits per heavy atom. The van der Waals surface area contributed by atoms with Gasteiger partial charge in [0.15, 0.2) is 0 Å². The van der Waals surface area contributed by atoms with Gasteiger partial charge in [0, 0.05) is 5.92 Å². The molecule has 1 aliphatic carbocycles. The van der Waals surface area contributed by atoms with Crippen molar-refractivity contribution in [2.24, 2.45) is 5.10 Å². The van der Waals surface area contributed by atoms with E-state index in [1.165, 1.54) is 21.9 Å². The molecule has 0 saturated heterocycles. The van der Waals surface area contributed by atoms with Crippen LogP contribution in [-0.4, -0.2) is 15.9 Å². The van der Waals surface area contributed by atoms with Gasteiger partial charge >= 0.3 is 0 Å². The van der Waals surface area contributed by atoms with Crippen LogP contribution in [-0.2, 0) is 6.61 Å². The molecule has 0 aliphatic heterocycles. The van der Waals surface area contributed by atoms with Gasteiger partial charge in [-0.3, -0.25) is 4.79 Å². The number of aromatic nitrogens is 2. The van der Waals surface area contributed by atoms with E-state index in [0.29, 0.717) is 12.0 Å². The van der Waals surface area contributed by atoms with Gasteiger partial charge in [-0.15, -0.1) is 0 Å². The molecule has 0 amide bonds. The van der Waals surface area contributed by atoms with Crippen molar-refractivity contribution in [3.63, 3.8) is 0 Å². The zero-order valence-corrected chi connectivity index (χ0v) is 23.2. The first-order valence-electron chi connectivity index (χ1n) is 13.1. The molecule has 1 saturated carbocycles. The second kappa shape index (κ2) is 11.1. The van der Waals surface area contributed by atoms with Crippen LogP contribution >= 0.6 is 22.6 Å². The van der Waals surface area contributed by atoms with Crippen molar-refractivity contribution in [2.75, 3.05) is 0 Å². The monoisotopic (exact) mass is 613 g/mol. The molecular formula is C32H28IN3O2. The second-order valence-electron chi connectivity index (χ2n) is 9.80. The van der Waals surface area contributed by atoms with Crippen molar-refractivity contribution >= 4 is 50.5 Å². The highest BCUT2D eigenvalue weighted by molar-refractivity contribution is 14.1. The molecule has 0 N–H and O–H groups in total. The van der Waals surface area contributed by atoms with E-state index in [1.807, 2.05) is 42.5 Å². The standard InChI is InChI=1S/C32H28IN3O2/c33-28-19-22(17-18-30(28)38-21-25-13-8-12-23-9-4-5-14-26(23)25)20-34-36-31(24-10-2-1-3-11-24)35-29-16-7-6-15-27(29)32(36)37/h4-9,12-20,24H,1-3,10-11,21H2. The van der Waals surface area contributed by atoms with E-state index in [9.17, 15) is 4.79 Å². The summed E-state index contributed by atoms with van der Waals surface area (Å²) in [6.07, 6.45) is 7.40. The van der Waals surface area contributed by atoms with Crippen LogP contribution in [0.25, 0.3) is 21.7 Å². The second-order valence-corrected chi connectivity index (χ2v) is 11.0. The first-order chi connectivity index (χ1) is 18.7. The summed E-state index contributed by atoms with van der Waals surface area (Å²) in [5.41, 5.74) is 2.69. The zero-order chi connectivity index (χ0) is 25.9. The van der Waals surface area contributed by atoms with Crippen molar-refractivity contribution < 1.29 is 4.74 Å². The van der Waals surface area contributed by atoms with Crippen LogP contribution in [0.2, 0.25) is 0 Å². The van der Waals surface area contributed by atoms with E-state index in [1.54, 1.807) is 6.21 Å². The van der Waals surface area contributed by atoms with Crippen LogP contribution in [0.3, 0.4) is 0 Å². The van der Waals surface area contributed by atoms with Crippen LogP contribution < -0.4 is 10.3 Å². The molecule has 1 fully saturated rings. The van der Waals surface area contributed by atoms with Gasteiger partial charge in [-0.05, 0) is 87.7 Å². The molecule has 0 unspecified atom stereocenters. The number of nitrogens with zero attached hydrogens (tertiary/aromatic N) is 3. The minimum atomic E-state index is -0.114. The molecule has 4 aromatic carbocycles. The third-order valence-corrected chi connectivity index (χ3v) is 8.13. The highest BCUT2D eigenvalue weighted by Crippen LogP contribution is 2.32. The summed E-state index contributed by atoms with van der Waals surface area (Å²) in [7, 11) is 0. The molecule has 190 valence electrons. The quantitative estimate of drug-likeness (QED) is 0.146. The number of rotatable bonds is 6. The number of ether oxygens (including phenoxy) is 1. The molecule has 5 nitrogen and oxygen atoms in total. The van der Waals surface area contributed by atoms with Crippen LogP contribution in [0, 0.1) is 3.57 Å². The predicted octanol–water partition coefficient (Wildman–Crippen LogP) is 7.66. The fraction of sp³-hybridized carbons (Fsp3) is 0.219. The Kier molecular flexibility index (Phi) is 7.22. The lowest BCUT2D eigenvalue weighted by atomic mass is 9.88. The first kappa shape index (κ1) is 24.8. The molecule has 6 rings (SSSR count). The van der Waals surface area contributed by atoms with Gasteiger partial charge in [-0.25, -0.2) is 4.98 Å². The smallest absolute Gasteiger partial charge is 0.282 e. The largest absolute Gasteiger partial charge is 0.488 e. The number of hydrogen-bond donors (Lipinski definition) is 0. The Morgan fingerprint density at radius 1 is 0.921 bits per heavy atom. The number of para-hydroxylation sites is 1.